The zero-order chi connectivity index (χ0) is 22.7. The third-order valence-electron chi connectivity index (χ3n) is 4.77. The molecule has 32 heavy (non-hydrogen) atoms. The Morgan fingerprint density at radius 1 is 0.719 bits per heavy atom. The first-order chi connectivity index (χ1) is 15.4. The van der Waals surface area contributed by atoms with Crippen LogP contribution in [0.25, 0.3) is 22.5 Å². The van der Waals surface area contributed by atoms with Crippen molar-refractivity contribution in [3.63, 3.8) is 0 Å². The van der Waals surface area contributed by atoms with Crippen LogP contribution in [0.1, 0.15) is 0 Å². The van der Waals surface area contributed by atoms with E-state index in [4.69, 9.17) is 0 Å². The van der Waals surface area contributed by atoms with Gasteiger partial charge in [-0.05, 0) is 12.1 Å². The standard InChI is InChI=1S/C23H24N6OS2/c1-28(2)19-11-7-5-9-15(19)17-13-31-22(24-17)26-21(30)27-23-25-18(14-32-23)16-10-6-8-12-20(16)29(3)4/h5-14H,1-4H3,(H2,24,25,26,27,30). The van der Waals surface area contributed by atoms with E-state index >= 15 is 0 Å². The number of para-hydroxylation sites is 2. The van der Waals surface area contributed by atoms with Crippen LogP contribution in [-0.4, -0.2) is 44.2 Å². The van der Waals surface area contributed by atoms with Crippen LogP contribution < -0.4 is 20.4 Å². The Kier molecular flexibility index (Phi) is 6.38. The van der Waals surface area contributed by atoms with Gasteiger partial charge in [-0.3, -0.25) is 10.6 Å². The van der Waals surface area contributed by atoms with E-state index < -0.39 is 0 Å². The molecule has 0 aliphatic carbocycles. The molecule has 7 nitrogen and oxygen atoms in total. The molecule has 0 spiro atoms. The molecule has 0 bridgehead atoms. The third-order valence-corrected chi connectivity index (χ3v) is 6.29. The topological polar surface area (TPSA) is 73.4 Å². The van der Waals surface area contributed by atoms with Crippen molar-refractivity contribution in [3.8, 4) is 22.5 Å². The van der Waals surface area contributed by atoms with E-state index in [1.165, 1.54) is 22.7 Å². The minimum atomic E-state index is -0.367. The Hall–Kier alpha value is -3.43. The van der Waals surface area contributed by atoms with Crippen LogP contribution in [0.15, 0.2) is 59.3 Å². The highest BCUT2D eigenvalue weighted by molar-refractivity contribution is 7.14. The van der Waals surface area contributed by atoms with Gasteiger partial charge in [-0.15, -0.1) is 22.7 Å². The molecule has 2 heterocycles. The molecule has 0 radical (unpaired) electrons. The molecular weight excluding hydrogens is 440 g/mol. The van der Waals surface area contributed by atoms with Gasteiger partial charge in [-0.1, -0.05) is 36.4 Å². The molecule has 0 aliphatic rings. The molecule has 0 aliphatic heterocycles. The summed E-state index contributed by atoms with van der Waals surface area (Å²) in [6.07, 6.45) is 0. The van der Waals surface area contributed by atoms with Crippen LogP contribution in [0.3, 0.4) is 0 Å². The van der Waals surface area contributed by atoms with Gasteiger partial charge in [0.1, 0.15) is 0 Å². The summed E-state index contributed by atoms with van der Waals surface area (Å²) in [5.74, 6) is 0. The first-order valence-electron chi connectivity index (χ1n) is 9.95. The van der Waals surface area contributed by atoms with E-state index in [2.05, 4.69) is 20.6 Å². The van der Waals surface area contributed by atoms with E-state index in [-0.39, 0.29) is 6.03 Å². The maximum Gasteiger partial charge on any atom is 0.327 e. The van der Waals surface area contributed by atoms with Crippen molar-refractivity contribution in [1.82, 2.24) is 9.97 Å². The molecular formula is C23H24N6OS2. The Labute approximate surface area is 195 Å². The molecule has 0 atom stereocenters. The molecule has 2 amide bonds. The Bertz CT molecular complexity index is 1140. The van der Waals surface area contributed by atoms with E-state index in [1.807, 2.05) is 97.3 Å². The Morgan fingerprint density at radius 3 is 1.53 bits per heavy atom. The second-order valence-corrected chi connectivity index (χ2v) is 9.19. The average Bonchev–Trinajstić information content (AvgIpc) is 3.43. The number of urea groups is 1. The number of hydrogen-bond donors (Lipinski definition) is 2. The molecule has 2 aromatic heterocycles. The molecule has 2 N–H and O–H groups in total. The summed E-state index contributed by atoms with van der Waals surface area (Å²) in [5.41, 5.74) is 5.83. The average molecular weight is 465 g/mol. The van der Waals surface area contributed by atoms with Crippen molar-refractivity contribution >= 4 is 50.3 Å². The lowest BCUT2D eigenvalue weighted by molar-refractivity contribution is 0.262. The molecule has 9 heteroatoms. The molecule has 4 rings (SSSR count). The van der Waals surface area contributed by atoms with E-state index in [9.17, 15) is 4.79 Å². The third kappa shape index (κ3) is 4.74. The summed E-state index contributed by atoms with van der Waals surface area (Å²) in [4.78, 5) is 25.8. The minimum absolute atomic E-state index is 0.367. The summed E-state index contributed by atoms with van der Waals surface area (Å²) in [6.45, 7) is 0. The number of carbonyl (C=O) groups excluding carboxylic acids is 1. The number of nitrogens with one attached hydrogen (secondary N) is 2. The first kappa shape index (κ1) is 21.8. The monoisotopic (exact) mass is 464 g/mol. The number of thiazole rings is 2. The Balaban J connectivity index is 1.45. The van der Waals surface area contributed by atoms with Gasteiger partial charge in [0, 0.05) is 61.5 Å². The molecule has 0 unspecified atom stereocenters. The minimum Gasteiger partial charge on any atom is -0.377 e. The van der Waals surface area contributed by atoms with Crippen LogP contribution >= 0.6 is 22.7 Å². The van der Waals surface area contributed by atoms with Crippen molar-refractivity contribution in [2.75, 3.05) is 48.6 Å². The van der Waals surface area contributed by atoms with Gasteiger partial charge in [0.25, 0.3) is 0 Å². The van der Waals surface area contributed by atoms with Gasteiger partial charge < -0.3 is 9.80 Å². The second-order valence-electron chi connectivity index (χ2n) is 7.48. The number of aromatic nitrogens is 2. The Morgan fingerprint density at radius 2 is 1.12 bits per heavy atom. The fourth-order valence-electron chi connectivity index (χ4n) is 3.30. The van der Waals surface area contributed by atoms with Crippen LogP contribution in [0.2, 0.25) is 0 Å². The number of anilines is 4. The molecule has 0 fully saturated rings. The summed E-state index contributed by atoms with van der Waals surface area (Å²) in [6, 6.07) is 15.7. The maximum atomic E-state index is 12.5. The summed E-state index contributed by atoms with van der Waals surface area (Å²) in [5, 5.41) is 10.6. The molecule has 4 aromatic rings. The van der Waals surface area contributed by atoms with Crippen molar-refractivity contribution in [1.29, 1.82) is 0 Å². The fraction of sp³-hybridized carbons (Fsp3) is 0.174. The van der Waals surface area contributed by atoms with Gasteiger partial charge >= 0.3 is 6.03 Å². The number of rotatable bonds is 6. The van der Waals surface area contributed by atoms with Crippen LogP contribution in [0.4, 0.5) is 26.4 Å². The number of amides is 2. The van der Waals surface area contributed by atoms with Crippen LogP contribution in [-0.2, 0) is 0 Å². The number of carbonyl (C=O) groups is 1. The maximum absolute atomic E-state index is 12.5. The van der Waals surface area contributed by atoms with Gasteiger partial charge in [-0.2, -0.15) is 0 Å². The predicted molar refractivity (Wildman–Crippen MR) is 136 cm³/mol. The number of nitrogens with zero attached hydrogens (tertiary/aromatic N) is 4. The highest BCUT2D eigenvalue weighted by Gasteiger charge is 2.14. The van der Waals surface area contributed by atoms with Crippen molar-refractivity contribution in [2.45, 2.75) is 0 Å². The normalized spacial score (nSPS) is 10.6. The number of hydrogen-bond acceptors (Lipinski definition) is 7. The van der Waals surface area contributed by atoms with Crippen molar-refractivity contribution in [2.24, 2.45) is 0 Å². The summed E-state index contributed by atoms with van der Waals surface area (Å²) in [7, 11) is 7.99. The smallest absolute Gasteiger partial charge is 0.327 e. The van der Waals surface area contributed by atoms with E-state index in [0.717, 1.165) is 33.9 Å². The summed E-state index contributed by atoms with van der Waals surface area (Å²) < 4.78 is 0. The first-order valence-corrected chi connectivity index (χ1v) is 11.7. The second kappa shape index (κ2) is 9.37. The fourth-order valence-corrected chi connectivity index (χ4v) is 4.71. The van der Waals surface area contributed by atoms with E-state index in [1.54, 1.807) is 0 Å². The molecule has 2 aromatic carbocycles. The van der Waals surface area contributed by atoms with Crippen LogP contribution in [0.5, 0.6) is 0 Å². The molecule has 164 valence electrons. The highest BCUT2D eigenvalue weighted by atomic mass is 32.1. The molecule has 0 saturated carbocycles. The van der Waals surface area contributed by atoms with Crippen molar-refractivity contribution in [3.05, 3.63) is 59.3 Å². The lowest BCUT2D eigenvalue weighted by atomic mass is 10.1. The van der Waals surface area contributed by atoms with Crippen LogP contribution in [0, 0.1) is 0 Å². The van der Waals surface area contributed by atoms with Gasteiger partial charge in [0.15, 0.2) is 10.3 Å². The van der Waals surface area contributed by atoms with Gasteiger partial charge in [0.05, 0.1) is 11.4 Å². The van der Waals surface area contributed by atoms with Gasteiger partial charge in [-0.25, -0.2) is 14.8 Å². The zero-order valence-corrected chi connectivity index (χ0v) is 19.9. The lowest BCUT2D eigenvalue weighted by Crippen LogP contribution is -2.19. The lowest BCUT2D eigenvalue weighted by Gasteiger charge is -2.16. The van der Waals surface area contributed by atoms with Crippen molar-refractivity contribution < 1.29 is 4.79 Å². The highest BCUT2D eigenvalue weighted by Crippen LogP contribution is 2.33. The van der Waals surface area contributed by atoms with E-state index in [0.29, 0.717) is 10.3 Å². The molecule has 0 saturated heterocycles. The SMILES string of the molecule is CN(C)c1ccccc1-c1csc(NC(=O)Nc2nc(-c3ccccc3N(C)C)cs2)n1. The summed E-state index contributed by atoms with van der Waals surface area (Å²) >= 11 is 2.77. The quantitative estimate of drug-likeness (QED) is 0.382. The largest absolute Gasteiger partial charge is 0.377 e. The predicted octanol–water partition coefficient (Wildman–Crippen LogP) is 5.71. The zero-order valence-electron chi connectivity index (χ0n) is 18.3. The van der Waals surface area contributed by atoms with Gasteiger partial charge in [0.2, 0.25) is 0 Å². The number of benzene rings is 2.